The molecule has 0 saturated carbocycles. The van der Waals surface area contributed by atoms with E-state index in [-0.39, 0.29) is 5.54 Å². The van der Waals surface area contributed by atoms with Gasteiger partial charge in [-0.3, -0.25) is 4.90 Å². The van der Waals surface area contributed by atoms with E-state index < -0.39 is 0 Å². The Bertz CT molecular complexity index is 413. The Labute approximate surface area is 118 Å². The van der Waals surface area contributed by atoms with Crippen molar-refractivity contribution in [3.63, 3.8) is 0 Å². The highest BCUT2D eigenvalue weighted by atomic mass is 15.2. The maximum Gasteiger partial charge on any atom is 0.0309 e. The Morgan fingerprint density at radius 2 is 1.95 bits per heavy atom. The van der Waals surface area contributed by atoms with E-state index in [0.717, 1.165) is 19.6 Å². The van der Waals surface area contributed by atoms with Crippen molar-refractivity contribution >= 4 is 0 Å². The molecule has 2 rings (SSSR count). The highest BCUT2D eigenvalue weighted by Gasteiger charge is 2.32. The predicted octanol–water partition coefficient (Wildman–Crippen LogP) is 3.20. The summed E-state index contributed by atoms with van der Waals surface area (Å²) in [6, 6.07) is 8.87. The molecule has 106 valence electrons. The molecule has 2 nitrogen and oxygen atoms in total. The number of benzene rings is 1. The van der Waals surface area contributed by atoms with Crippen molar-refractivity contribution in [3.8, 4) is 0 Å². The molecule has 2 heteroatoms. The molecule has 1 aromatic carbocycles. The molecule has 1 aromatic rings. The number of fused-ring (bicyclic) bond motifs is 1. The standard InChI is InChI=1S/C17H28N2/c1-14(2)11-17(3,13-18)19-10-6-9-15-7-4-5-8-16(15)12-19/h4-5,7-8,14H,6,9-13,18H2,1-3H3. The Morgan fingerprint density at radius 3 is 2.58 bits per heavy atom. The van der Waals surface area contributed by atoms with Crippen molar-refractivity contribution < 1.29 is 0 Å². The molecule has 1 heterocycles. The molecule has 0 amide bonds. The lowest BCUT2D eigenvalue weighted by Crippen LogP contribution is -2.52. The maximum atomic E-state index is 6.12. The van der Waals surface area contributed by atoms with Crippen LogP contribution in [-0.4, -0.2) is 23.5 Å². The van der Waals surface area contributed by atoms with Crippen LogP contribution >= 0.6 is 0 Å². The number of nitrogens with two attached hydrogens (primary N) is 1. The molecule has 1 aliphatic rings. The van der Waals surface area contributed by atoms with Crippen LogP contribution in [0, 0.1) is 5.92 Å². The van der Waals surface area contributed by atoms with Gasteiger partial charge in [0, 0.05) is 18.6 Å². The van der Waals surface area contributed by atoms with Gasteiger partial charge in [0.05, 0.1) is 0 Å². The number of aryl methyl sites for hydroxylation is 1. The van der Waals surface area contributed by atoms with Crippen LogP contribution in [0.4, 0.5) is 0 Å². The smallest absolute Gasteiger partial charge is 0.0309 e. The van der Waals surface area contributed by atoms with Gasteiger partial charge in [0.15, 0.2) is 0 Å². The van der Waals surface area contributed by atoms with Crippen LogP contribution < -0.4 is 5.73 Å². The van der Waals surface area contributed by atoms with Crippen molar-refractivity contribution in [2.24, 2.45) is 11.7 Å². The summed E-state index contributed by atoms with van der Waals surface area (Å²) in [6.07, 6.45) is 3.62. The van der Waals surface area contributed by atoms with Gasteiger partial charge >= 0.3 is 0 Å². The quantitative estimate of drug-likeness (QED) is 0.901. The first-order valence-corrected chi connectivity index (χ1v) is 7.57. The zero-order valence-electron chi connectivity index (χ0n) is 12.7. The molecule has 0 bridgehead atoms. The fourth-order valence-corrected chi connectivity index (χ4v) is 3.38. The number of hydrogen-bond acceptors (Lipinski definition) is 2. The van der Waals surface area contributed by atoms with E-state index in [1.54, 1.807) is 0 Å². The third-order valence-corrected chi connectivity index (χ3v) is 4.40. The van der Waals surface area contributed by atoms with Gasteiger partial charge in [-0.05, 0) is 49.8 Å². The van der Waals surface area contributed by atoms with E-state index >= 15 is 0 Å². The maximum absolute atomic E-state index is 6.12. The van der Waals surface area contributed by atoms with E-state index in [2.05, 4.69) is 49.9 Å². The zero-order valence-corrected chi connectivity index (χ0v) is 12.7. The molecule has 1 unspecified atom stereocenters. The molecular weight excluding hydrogens is 232 g/mol. The first-order chi connectivity index (χ1) is 9.05. The second kappa shape index (κ2) is 6.06. The van der Waals surface area contributed by atoms with E-state index in [1.165, 1.54) is 30.4 Å². The third-order valence-electron chi connectivity index (χ3n) is 4.40. The Balaban J connectivity index is 2.21. The fourth-order valence-electron chi connectivity index (χ4n) is 3.38. The van der Waals surface area contributed by atoms with Crippen molar-refractivity contribution in [1.82, 2.24) is 4.90 Å². The molecule has 2 N–H and O–H groups in total. The van der Waals surface area contributed by atoms with Crippen LogP contribution in [0.1, 0.15) is 44.7 Å². The minimum atomic E-state index is 0.131. The van der Waals surface area contributed by atoms with E-state index in [4.69, 9.17) is 5.73 Å². The van der Waals surface area contributed by atoms with Gasteiger partial charge in [-0.2, -0.15) is 0 Å². The molecule has 1 aliphatic heterocycles. The monoisotopic (exact) mass is 260 g/mol. The van der Waals surface area contributed by atoms with E-state index in [0.29, 0.717) is 5.92 Å². The average molecular weight is 260 g/mol. The molecule has 1 atom stereocenters. The summed E-state index contributed by atoms with van der Waals surface area (Å²) in [4.78, 5) is 2.61. The van der Waals surface area contributed by atoms with Gasteiger partial charge < -0.3 is 5.73 Å². The van der Waals surface area contributed by atoms with Gasteiger partial charge in [0.25, 0.3) is 0 Å². The van der Waals surface area contributed by atoms with Crippen LogP contribution in [0.15, 0.2) is 24.3 Å². The largest absolute Gasteiger partial charge is 0.329 e. The lowest BCUT2D eigenvalue weighted by molar-refractivity contribution is 0.0825. The third kappa shape index (κ3) is 3.37. The van der Waals surface area contributed by atoms with Gasteiger partial charge in [-0.1, -0.05) is 38.1 Å². The van der Waals surface area contributed by atoms with Crippen LogP contribution in [0.2, 0.25) is 0 Å². The van der Waals surface area contributed by atoms with Gasteiger partial charge in [-0.25, -0.2) is 0 Å². The summed E-state index contributed by atoms with van der Waals surface area (Å²) in [5.41, 5.74) is 9.26. The number of hydrogen-bond donors (Lipinski definition) is 1. The summed E-state index contributed by atoms with van der Waals surface area (Å²) >= 11 is 0. The summed E-state index contributed by atoms with van der Waals surface area (Å²) in [7, 11) is 0. The average Bonchev–Trinajstić information content (AvgIpc) is 2.60. The topological polar surface area (TPSA) is 29.3 Å². The van der Waals surface area contributed by atoms with Crippen molar-refractivity contribution in [1.29, 1.82) is 0 Å². The molecule has 0 aliphatic carbocycles. The van der Waals surface area contributed by atoms with Crippen LogP contribution in [0.25, 0.3) is 0 Å². The summed E-state index contributed by atoms with van der Waals surface area (Å²) in [5.74, 6) is 0.687. The van der Waals surface area contributed by atoms with Crippen molar-refractivity contribution in [2.45, 2.75) is 52.1 Å². The lowest BCUT2D eigenvalue weighted by Gasteiger charge is -2.41. The lowest BCUT2D eigenvalue weighted by atomic mass is 9.88. The minimum Gasteiger partial charge on any atom is -0.329 e. The van der Waals surface area contributed by atoms with Crippen molar-refractivity contribution in [3.05, 3.63) is 35.4 Å². The van der Waals surface area contributed by atoms with Gasteiger partial charge in [0.2, 0.25) is 0 Å². The van der Waals surface area contributed by atoms with E-state index in [9.17, 15) is 0 Å². The number of nitrogens with zero attached hydrogens (tertiary/aromatic N) is 1. The SMILES string of the molecule is CC(C)CC(C)(CN)N1CCCc2ccccc2C1. The molecule has 0 fully saturated rings. The molecule has 0 saturated heterocycles. The first-order valence-electron chi connectivity index (χ1n) is 7.57. The highest BCUT2D eigenvalue weighted by Crippen LogP contribution is 2.28. The van der Waals surface area contributed by atoms with Gasteiger partial charge in [-0.15, -0.1) is 0 Å². The highest BCUT2D eigenvalue weighted by molar-refractivity contribution is 5.28. The van der Waals surface area contributed by atoms with Crippen LogP contribution in [-0.2, 0) is 13.0 Å². The van der Waals surface area contributed by atoms with Crippen molar-refractivity contribution in [2.75, 3.05) is 13.1 Å². The van der Waals surface area contributed by atoms with Crippen LogP contribution in [0.5, 0.6) is 0 Å². The summed E-state index contributed by atoms with van der Waals surface area (Å²) in [6.45, 7) is 9.87. The van der Waals surface area contributed by atoms with Crippen LogP contribution in [0.3, 0.4) is 0 Å². The van der Waals surface area contributed by atoms with Gasteiger partial charge in [0.1, 0.15) is 0 Å². The Kier molecular flexibility index (Phi) is 4.64. The molecule has 19 heavy (non-hydrogen) atoms. The summed E-state index contributed by atoms with van der Waals surface area (Å²) in [5, 5.41) is 0. The Morgan fingerprint density at radius 1 is 1.26 bits per heavy atom. The normalized spacial score (nSPS) is 19.8. The first kappa shape index (κ1) is 14.5. The van der Waals surface area contributed by atoms with E-state index in [1.807, 2.05) is 0 Å². The zero-order chi connectivity index (χ0) is 13.9. The summed E-state index contributed by atoms with van der Waals surface area (Å²) < 4.78 is 0. The second-order valence-corrected chi connectivity index (χ2v) is 6.59. The molecule has 0 spiro atoms. The molecule has 0 radical (unpaired) electrons. The predicted molar refractivity (Wildman–Crippen MR) is 82.1 cm³/mol. The fraction of sp³-hybridized carbons (Fsp3) is 0.647. The second-order valence-electron chi connectivity index (χ2n) is 6.59. The Hall–Kier alpha value is -0.860. The molecule has 0 aromatic heterocycles. The minimum absolute atomic E-state index is 0.131. The molecular formula is C17H28N2. The number of rotatable bonds is 4.